The molecule has 0 N–H and O–H groups in total. The number of aromatic nitrogens is 1. The number of hydrogen-bond donors (Lipinski definition) is 0. The van der Waals surface area contributed by atoms with E-state index in [2.05, 4.69) is 11.9 Å². The van der Waals surface area contributed by atoms with Gasteiger partial charge in [-0.05, 0) is 50.8 Å². The molecule has 186 valence electrons. The summed E-state index contributed by atoms with van der Waals surface area (Å²) < 4.78 is 13.4. The molecule has 1 aliphatic heterocycles. The van der Waals surface area contributed by atoms with Gasteiger partial charge in [0.05, 0.1) is 40.5 Å². The normalized spacial score (nSPS) is 15.1. The molecule has 1 fully saturated rings. The molecule has 2 aromatic rings. The highest BCUT2D eigenvalue weighted by Gasteiger charge is 2.20. The maximum absolute atomic E-state index is 12.6. The molecular formula is C24H33N3O5S2. The quantitative estimate of drug-likeness (QED) is 0.362. The van der Waals surface area contributed by atoms with Crippen LogP contribution in [0.25, 0.3) is 10.2 Å². The molecular weight excluding hydrogens is 474 g/mol. The van der Waals surface area contributed by atoms with Crippen LogP contribution in [-0.2, 0) is 25.6 Å². The number of esters is 1. The molecule has 0 spiro atoms. The molecule has 34 heavy (non-hydrogen) atoms. The Balaban J connectivity index is 1.71. The third kappa shape index (κ3) is 7.16. The smallest absolute Gasteiger partial charge is 0.338 e. The monoisotopic (exact) mass is 507 g/mol. The van der Waals surface area contributed by atoms with Crippen LogP contribution in [0.2, 0.25) is 0 Å². The van der Waals surface area contributed by atoms with E-state index in [9.17, 15) is 14.4 Å². The Morgan fingerprint density at radius 3 is 2.62 bits per heavy atom. The maximum Gasteiger partial charge on any atom is 0.338 e. The number of rotatable bonds is 10. The summed E-state index contributed by atoms with van der Waals surface area (Å²) in [6.07, 6.45) is 2.08. The predicted molar refractivity (Wildman–Crippen MR) is 135 cm³/mol. The number of piperidine rings is 1. The minimum Gasteiger partial charge on any atom is -0.462 e. The first-order valence-electron chi connectivity index (χ1n) is 11.7. The topological polar surface area (TPSA) is 90.2 Å². The average Bonchev–Trinajstić information content (AvgIpc) is 3.15. The highest BCUT2D eigenvalue weighted by Crippen LogP contribution is 2.20. The van der Waals surface area contributed by atoms with Gasteiger partial charge in [0, 0.05) is 26.2 Å². The van der Waals surface area contributed by atoms with Crippen LogP contribution in [0.15, 0.2) is 23.2 Å². The molecule has 0 radical (unpaired) electrons. The number of likely N-dealkylation sites (tertiary alicyclic amines) is 1. The van der Waals surface area contributed by atoms with E-state index in [1.807, 2.05) is 22.5 Å². The fourth-order valence-electron chi connectivity index (χ4n) is 3.73. The molecule has 1 aliphatic rings. The molecule has 10 heteroatoms. The van der Waals surface area contributed by atoms with Gasteiger partial charge in [0.2, 0.25) is 5.91 Å². The van der Waals surface area contributed by atoms with Crippen LogP contribution >= 0.6 is 23.1 Å². The number of benzene rings is 1. The van der Waals surface area contributed by atoms with Gasteiger partial charge in [-0.15, -0.1) is 11.8 Å². The Labute approximate surface area is 208 Å². The standard InChI is InChI=1S/C24H33N3O5S2/c1-4-31-13-12-27-19-7-6-18(23(30)32-5-2)14-20(19)34-24(27)25-21(28)15-33-16-22(29)26-10-8-17(3)9-11-26/h6-7,14,17H,4-5,8-13,15-16H2,1-3H3. The van der Waals surface area contributed by atoms with Gasteiger partial charge in [-0.2, -0.15) is 4.99 Å². The van der Waals surface area contributed by atoms with Crippen molar-refractivity contribution in [3.05, 3.63) is 28.6 Å². The summed E-state index contributed by atoms with van der Waals surface area (Å²) in [6, 6.07) is 5.34. The summed E-state index contributed by atoms with van der Waals surface area (Å²) in [7, 11) is 0. The van der Waals surface area contributed by atoms with Crippen LogP contribution in [0.5, 0.6) is 0 Å². The molecule has 0 atom stereocenters. The summed E-state index contributed by atoms with van der Waals surface area (Å²) in [4.78, 5) is 43.9. The largest absolute Gasteiger partial charge is 0.462 e. The Kier molecular flexibility index (Phi) is 10.2. The Morgan fingerprint density at radius 2 is 1.91 bits per heavy atom. The van der Waals surface area contributed by atoms with Gasteiger partial charge in [0.15, 0.2) is 4.80 Å². The highest BCUT2D eigenvalue weighted by molar-refractivity contribution is 8.00. The molecule has 2 amide bonds. The Morgan fingerprint density at radius 1 is 1.15 bits per heavy atom. The summed E-state index contributed by atoms with van der Waals surface area (Å²) >= 11 is 2.65. The van der Waals surface area contributed by atoms with Crippen LogP contribution in [0, 0.1) is 5.92 Å². The van der Waals surface area contributed by atoms with Crippen LogP contribution < -0.4 is 4.80 Å². The number of thiazole rings is 1. The number of fused-ring (bicyclic) bond motifs is 1. The third-order valence-electron chi connectivity index (χ3n) is 5.66. The third-order valence-corrected chi connectivity index (χ3v) is 7.61. The van der Waals surface area contributed by atoms with Crippen molar-refractivity contribution in [2.45, 2.75) is 40.2 Å². The van der Waals surface area contributed by atoms with Crippen molar-refractivity contribution in [2.24, 2.45) is 10.9 Å². The number of nitrogens with zero attached hydrogens (tertiary/aromatic N) is 3. The summed E-state index contributed by atoms with van der Waals surface area (Å²) in [5.74, 6) is 0.523. The Bertz CT molecular complexity index is 1070. The number of carbonyl (C=O) groups is 3. The summed E-state index contributed by atoms with van der Waals surface area (Å²) in [5, 5.41) is 0. The van der Waals surface area contributed by atoms with Gasteiger partial charge in [-0.3, -0.25) is 9.59 Å². The van der Waals surface area contributed by atoms with Crippen molar-refractivity contribution in [2.75, 3.05) is 44.4 Å². The lowest BCUT2D eigenvalue weighted by molar-refractivity contribution is -0.129. The average molecular weight is 508 g/mol. The maximum atomic E-state index is 12.6. The van der Waals surface area contributed by atoms with Gasteiger partial charge < -0.3 is 18.9 Å². The van der Waals surface area contributed by atoms with E-state index in [0.29, 0.717) is 42.6 Å². The molecule has 0 saturated carbocycles. The zero-order chi connectivity index (χ0) is 24.5. The lowest BCUT2D eigenvalue weighted by atomic mass is 9.99. The second-order valence-corrected chi connectivity index (χ2v) is 10.2. The van der Waals surface area contributed by atoms with Gasteiger partial charge in [0.25, 0.3) is 5.91 Å². The van der Waals surface area contributed by atoms with Crippen molar-refractivity contribution < 1.29 is 23.9 Å². The van der Waals surface area contributed by atoms with Crippen LogP contribution in [0.4, 0.5) is 0 Å². The lowest BCUT2D eigenvalue weighted by Gasteiger charge is -2.30. The predicted octanol–water partition coefficient (Wildman–Crippen LogP) is 3.34. The number of ether oxygens (including phenoxy) is 2. The van der Waals surface area contributed by atoms with Crippen molar-refractivity contribution >= 4 is 51.1 Å². The van der Waals surface area contributed by atoms with Gasteiger partial charge in [-0.25, -0.2) is 4.79 Å². The van der Waals surface area contributed by atoms with Gasteiger partial charge in [0.1, 0.15) is 0 Å². The number of thioether (sulfide) groups is 1. The van der Waals surface area contributed by atoms with E-state index >= 15 is 0 Å². The molecule has 3 rings (SSSR count). The fraction of sp³-hybridized carbons (Fsp3) is 0.583. The first-order valence-corrected chi connectivity index (χ1v) is 13.7. The van der Waals surface area contributed by atoms with E-state index in [1.54, 1.807) is 19.1 Å². The summed E-state index contributed by atoms with van der Waals surface area (Å²) in [5.41, 5.74) is 1.35. The minimum atomic E-state index is -0.377. The zero-order valence-electron chi connectivity index (χ0n) is 20.1. The first kappa shape index (κ1) is 26.4. The molecule has 0 unspecified atom stereocenters. The van der Waals surface area contributed by atoms with Crippen LogP contribution in [0.3, 0.4) is 0 Å². The van der Waals surface area contributed by atoms with Gasteiger partial charge in [-0.1, -0.05) is 18.3 Å². The Hall–Kier alpha value is -2.17. The zero-order valence-corrected chi connectivity index (χ0v) is 21.7. The first-order chi connectivity index (χ1) is 16.4. The number of amides is 2. The van der Waals surface area contributed by atoms with Crippen molar-refractivity contribution in [1.82, 2.24) is 9.47 Å². The summed E-state index contributed by atoms with van der Waals surface area (Å²) in [6.45, 7) is 9.44. The second kappa shape index (κ2) is 13.1. The molecule has 0 bridgehead atoms. The van der Waals surface area contributed by atoms with E-state index in [4.69, 9.17) is 9.47 Å². The van der Waals surface area contributed by atoms with E-state index < -0.39 is 0 Å². The minimum absolute atomic E-state index is 0.0878. The second-order valence-electron chi connectivity index (χ2n) is 8.20. The van der Waals surface area contributed by atoms with Crippen molar-refractivity contribution in [3.63, 3.8) is 0 Å². The van der Waals surface area contributed by atoms with E-state index in [0.717, 1.165) is 36.1 Å². The van der Waals surface area contributed by atoms with Crippen LogP contribution in [-0.4, -0.2) is 71.7 Å². The molecule has 8 nitrogen and oxygen atoms in total. The van der Waals surface area contributed by atoms with E-state index in [1.165, 1.54) is 23.1 Å². The lowest BCUT2D eigenvalue weighted by Crippen LogP contribution is -2.39. The molecule has 0 aliphatic carbocycles. The number of hydrogen-bond acceptors (Lipinski definition) is 7. The van der Waals surface area contributed by atoms with Crippen LogP contribution in [0.1, 0.15) is 44.0 Å². The van der Waals surface area contributed by atoms with E-state index in [-0.39, 0.29) is 29.3 Å². The highest BCUT2D eigenvalue weighted by atomic mass is 32.2. The van der Waals surface area contributed by atoms with Gasteiger partial charge >= 0.3 is 5.97 Å². The molecule has 2 heterocycles. The molecule has 1 saturated heterocycles. The molecule has 1 aromatic heterocycles. The fourth-order valence-corrected chi connectivity index (χ4v) is 5.54. The van der Waals surface area contributed by atoms with Crippen molar-refractivity contribution in [1.29, 1.82) is 0 Å². The molecule has 1 aromatic carbocycles. The van der Waals surface area contributed by atoms with Crippen molar-refractivity contribution in [3.8, 4) is 0 Å². The number of carbonyl (C=O) groups excluding carboxylic acids is 3. The SMILES string of the molecule is CCOCCn1c(=NC(=O)CSCC(=O)N2CCC(C)CC2)sc2cc(C(=O)OCC)ccc21.